The minimum Gasteiger partial charge on any atom is -0.505 e. The van der Waals surface area contributed by atoms with Crippen LogP contribution in [0.3, 0.4) is 0 Å². The number of phenols is 1. The number of rotatable bonds is 16. The van der Waals surface area contributed by atoms with Gasteiger partial charge in [-0.25, -0.2) is 4.79 Å². The molecule has 1 unspecified atom stereocenters. The van der Waals surface area contributed by atoms with Crippen molar-refractivity contribution >= 4 is 82.7 Å². The molecule has 6 N–H and O–H groups in total. The number of carboxylic acids is 1. The van der Waals surface area contributed by atoms with E-state index in [-0.39, 0.29) is 64.6 Å². The summed E-state index contributed by atoms with van der Waals surface area (Å²) >= 11 is 0. The number of hydrogen-bond acceptors (Lipinski definition) is 18. The summed E-state index contributed by atoms with van der Waals surface area (Å²) in [5.74, 6) is -2.76. The van der Waals surface area contributed by atoms with Gasteiger partial charge in [0, 0.05) is 17.5 Å². The van der Waals surface area contributed by atoms with Gasteiger partial charge < -0.3 is 29.9 Å². The van der Waals surface area contributed by atoms with E-state index in [1.165, 1.54) is 42.5 Å². The molecule has 24 heteroatoms. The molecule has 62 heavy (non-hydrogen) atoms. The molecule has 5 aromatic carbocycles. The third kappa shape index (κ3) is 9.75. The van der Waals surface area contributed by atoms with Gasteiger partial charge in [-0.1, -0.05) is 12.1 Å². The summed E-state index contributed by atoms with van der Waals surface area (Å²) in [4.78, 5) is 24.3. The van der Waals surface area contributed by atoms with Crippen molar-refractivity contribution in [1.29, 1.82) is 0 Å². The van der Waals surface area contributed by atoms with E-state index in [1.54, 1.807) is 26.0 Å². The van der Waals surface area contributed by atoms with Crippen molar-refractivity contribution in [3.8, 4) is 17.2 Å². The molecular formula is C38H34N8O14S2. The lowest BCUT2D eigenvalue weighted by Gasteiger charge is -2.13. The minimum absolute atomic E-state index is 0.00300. The van der Waals surface area contributed by atoms with Gasteiger partial charge in [-0.3, -0.25) is 13.9 Å². The van der Waals surface area contributed by atoms with Crippen molar-refractivity contribution in [3.63, 3.8) is 0 Å². The van der Waals surface area contributed by atoms with Crippen LogP contribution < -0.4 is 14.5 Å². The van der Waals surface area contributed by atoms with Gasteiger partial charge in [-0.05, 0) is 85.0 Å². The third-order valence-electron chi connectivity index (χ3n) is 8.84. The predicted octanol–water partition coefficient (Wildman–Crippen LogP) is 6.17. The van der Waals surface area contributed by atoms with Crippen LogP contribution >= 0.6 is 0 Å². The number of aliphatic carboxylic acids is 1. The van der Waals surface area contributed by atoms with Gasteiger partial charge in [-0.2, -0.15) is 37.2 Å². The average molecular weight is 891 g/mol. The zero-order valence-corrected chi connectivity index (χ0v) is 33.9. The number of aryl methyl sites for hydroxylation is 2. The Labute approximate surface area is 351 Å². The van der Waals surface area contributed by atoms with Crippen LogP contribution in [0.2, 0.25) is 0 Å². The van der Waals surface area contributed by atoms with Crippen LogP contribution in [0.1, 0.15) is 11.1 Å². The number of fused-ring (bicyclic) bond motifs is 1. The molecule has 6 rings (SSSR count). The molecule has 0 spiro atoms. The van der Waals surface area contributed by atoms with Crippen LogP contribution in [0, 0.1) is 13.8 Å². The van der Waals surface area contributed by atoms with E-state index in [0.29, 0.717) is 21.9 Å². The molecule has 5 aromatic rings. The van der Waals surface area contributed by atoms with Crippen molar-refractivity contribution in [3.05, 3.63) is 90.0 Å². The van der Waals surface area contributed by atoms with Crippen molar-refractivity contribution in [2.24, 2.45) is 35.8 Å². The Morgan fingerprint density at radius 1 is 0.710 bits per heavy atom. The zero-order chi connectivity index (χ0) is 44.9. The second-order valence-corrected chi connectivity index (χ2v) is 15.9. The molecular weight excluding hydrogens is 857 g/mol. The fourth-order valence-electron chi connectivity index (χ4n) is 5.84. The fourth-order valence-corrected chi connectivity index (χ4v) is 7.03. The number of phenolic OH excluding ortho intramolecular Hbond substituents is 1. The molecule has 0 aliphatic carbocycles. The lowest BCUT2D eigenvalue weighted by atomic mass is 10.0. The molecule has 1 heterocycles. The number of benzene rings is 5. The summed E-state index contributed by atoms with van der Waals surface area (Å²) in [7, 11) is -9.20. The van der Waals surface area contributed by atoms with E-state index in [4.69, 9.17) is 9.47 Å². The third-order valence-corrected chi connectivity index (χ3v) is 10.6. The maximum atomic E-state index is 13.3. The van der Waals surface area contributed by atoms with Gasteiger partial charge in [0.1, 0.15) is 52.4 Å². The topological polar surface area (TPSA) is 332 Å². The standard InChI is InChI=1S/C38H34N8O14S2/c1-20-3-10-27(33(17-20)62(56,57)58)40-42-29-18-32(60-16-14-48)30(19-31(29)59-15-13-47)43-41-28-12-8-24-21(2)26(11-9-25(24)36(28)49)39-44-34-35(38(51)52)45-46(37(34)50)22-4-6-23(7-5-22)61(53,54)55/h3-12,17-19,34,47-49H,13-16H2,1-2H3,(H,51,52)(H,53,54,55)(H,56,57,58)/b42-40?,43-41?,44-39+. The normalized spacial score (nSPS) is 14.7. The van der Waals surface area contributed by atoms with Gasteiger partial charge in [0.05, 0.1) is 29.5 Å². The Balaban J connectivity index is 1.29. The van der Waals surface area contributed by atoms with Crippen molar-refractivity contribution in [2.45, 2.75) is 29.7 Å². The lowest BCUT2D eigenvalue weighted by Crippen LogP contribution is -2.33. The Morgan fingerprint density at radius 3 is 1.82 bits per heavy atom. The number of carbonyl (C=O) groups excluding carboxylic acids is 1. The van der Waals surface area contributed by atoms with Crippen LogP contribution in [-0.4, -0.2) is 96.4 Å². The molecule has 1 aliphatic heterocycles. The number of hydrazone groups is 1. The summed E-state index contributed by atoms with van der Waals surface area (Å²) in [6.45, 7) is 2.06. The number of hydrogen-bond donors (Lipinski definition) is 6. The van der Waals surface area contributed by atoms with E-state index >= 15 is 0 Å². The maximum Gasteiger partial charge on any atom is 0.355 e. The van der Waals surface area contributed by atoms with E-state index in [1.807, 2.05) is 0 Å². The number of ether oxygens (including phenoxy) is 2. The summed E-state index contributed by atoms with van der Waals surface area (Å²) in [6.07, 6.45) is 0. The molecule has 1 aliphatic rings. The summed E-state index contributed by atoms with van der Waals surface area (Å²) in [6, 6.07) is 15.4. The largest absolute Gasteiger partial charge is 0.505 e. The highest BCUT2D eigenvalue weighted by Gasteiger charge is 2.41. The Kier molecular flexibility index (Phi) is 13.1. The molecule has 1 amide bonds. The second-order valence-electron chi connectivity index (χ2n) is 13.0. The highest BCUT2D eigenvalue weighted by Crippen LogP contribution is 2.44. The number of anilines is 1. The molecule has 0 radical (unpaired) electrons. The van der Waals surface area contributed by atoms with Crippen molar-refractivity contribution in [2.75, 3.05) is 31.4 Å². The smallest absolute Gasteiger partial charge is 0.355 e. The number of azo groups is 3. The van der Waals surface area contributed by atoms with E-state index in [0.717, 1.165) is 29.3 Å². The number of carboxylic acid groups (broad SMARTS) is 1. The second kappa shape index (κ2) is 18.3. The van der Waals surface area contributed by atoms with E-state index in [2.05, 4.69) is 35.8 Å². The number of aliphatic hydroxyl groups excluding tert-OH is 2. The van der Waals surface area contributed by atoms with Crippen LogP contribution in [-0.2, 0) is 29.8 Å². The minimum atomic E-state index is -4.67. The zero-order valence-electron chi connectivity index (χ0n) is 32.3. The summed E-state index contributed by atoms with van der Waals surface area (Å²) in [5.41, 5.74) is 0.355. The molecule has 0 bridgehead atoms. The highest BCUT2D eigenvalue weighted by atomic mass is 32.2. The van der Waals surface area contributed by atoms with Gasteiger partial charge in [0.2, 0.25) is 6.04 Å². The summed E-state index contributed by atoms with van der Waals surface area (Å²) < 4.78 is 77.1. The molecule has 0 saturated carbocycles. The van der Waals surface area contributed by atoms with Gasteiger partial charge >= 0.3 is 5.97 Å². The molecule has 22 nitrogen and oxygen atoms in total. The Hall–Kier alpha value is -7.09. The Morgan fingerprint density at radius 2 is 1.26 bits per heavy atom. The van der Waals surface area contributed by atoms with Crippen LogP contribution in [0.5, 0.6) is 17.2 Å². The number of aliphatic hydroxyl groups is 2. The molecule has 322 valence electrons. The SMILES string of the molecule is Cc1ccc(N=Nc2cc(OCCO)c(N=Nc3ccc4c(C)c(/N=N/C5C(=O)N(c6ccc(S(=O)(=O)O)cc6)N=C5C(=O)O)ccc4c3O)cc2OCCO)c(S(=O)(=O)O)c1. The molecule has 1 atom stereocenters. The van der Waals surface area contributed by atoms with Gasteiger partial charge in [0.15, 0.2) is 11.5 Å². The van der Waals surface area contributed by atoms with E-state index in [9.17, 15) is 56.0 Å². The number of nitrogens with zero attached hydrogens (tertiary/aromatic N) is 8. The van der Waals surface area contributed by atoms with Crippen molar-refractivity contribution < 1.29 is 65.4 Å². The first kappa shape index (κ1) is 44.5. The summed E-state index contributed by atoms with van der Waals surface area (Å²) in [5, 5.41) is 69.9. The highest BCUT2D eigenvalue weighted by molar-refractivity contribution is 7.86. The number of carbonyl (C=O) groups is 2. The Bertz CT molecular complexity index is 2940. The first-order valence-electron chi connectivity index (χ1n) is 17.9. The quantitative estimate of drug-likeness (QED) is 0.0477. The van der Waals surface area contributed by atoms with Crippen LogP contribution in [0.15, 0.2) is 124 Å². The molecule has 0 aromatic heterocycles. The lowest BCUT2D eigenvalue weighted by molar-refractivity contribution is -0.130. The van der Waals surface area contributed by atoms with Gasteiger partial charge in [0.25, 0.3) is 26.1 Å². The monoisotopic (exact) mass is 890 g/mol. The first-order valence-corrected chi connectivity index (χ1v) is 20.8. The number of aromatic hydroxyl groups is 1. The predicted molar refractivity (Wildman–Crippen MR) is 218 cm³/mol. The maximum absolute atomic E-state index is 13.3. The van der Waals surface area contributed by atoms with Crippen LogP contribution in [0.25, 0.3) is 10.8 Å². The molecule has 0 saturated heterocycles. The van der Waals surface area contributed by atoms with Crippen LogP contribution in [0.4, 0.5) is 34.1 Å². The van der Waals surface area contributed by atoms with Gasteiger partial charge in [-0.15, -0.1) is 20.5 Å². The number of amides is 1. The molecule has 0 fully saturated rings. The van der Waals surface area contributed by atoms with Crippen molar-refractivity contribution in [1.82, 2.24) is 0 Å². The first-order chi connectivity index (χ1) is 29.4. The average Bonchev–Trinajstić information content (AvgIpc) is 3.56. The van der Waals surface area contributed by atoms with E-state index < -0.39 is 66.9 Å². The fraction of sp³-hybridized carbons (Fsp3) is 0.184.